The Morgan fingerprint density at radius 2 is 1.95 bits per heavy atom. The third kappa shape index (κ3) is 2.37. The lowest BCUT2D eigenvalue weighted by atomic mass is 10.0. The molecular weight excluding hydrogens is 277 g/mol. The average molecular weight is 293 g/mol. The number of likely N-dealkylation sites (N-methyl/N-ethyl adjacent to an activating group) is 1. The van der Waals surface area contributed by atoms with Crippen LogP contribution in [0.3, 0.4) is 0 Å². The molecule has 0 bridgehead atoms. The summed E-state index contributed by atoms with van der Waals surface area (Å²) in [7, 11) is 1.39. The van der Waals surface area contributed by atoms with Crippen molar-refractivity contribution < 1.29 is 23.5 Å². The number of aliphatic carboxylic acids is 1. The molecule has 0 aliphatic carbocycles. The van der Waals surface area contributed by atoms with Gasteiger partial charge < -0.3 is 14.4 Å². The molecule has 0 saturated carbocycles. The molecule has 0 radical (unpaired) electrons. The third-order valence-corrected chi connectivity index (χ3v) is 3.76. The molecule has 1 amide bonds. The van der Waals surface area contributed by atoms with Gasteiger partial charge >= 0.3 is 5.97 Å². The van der Waals surface area contributed by atoms with Gasteiger partial charge in [0.2, 0.25) is 0 Å². The van der Waals surface area contributed by atoms with Crippen molar-refractivity contribution in [2.75, 3.05) is 7.05 Å². The van der Waals surface area contributed by atoms with E-state index in [0.29, 0.717) is 16.5 Å². The quantitative estimate of drug-likeness (QED) is 0.944. The zero-order valence-corrected chi connectivity index (χ0v) is 12.2. The van der Waals surface area contributed by atoms with E-state index in [-0.39, 0.29) is 5.76 Å². The van der Waals surface area contributed by atoms with E-state index in [1.54, 1.807) is 6.92 Å². The maximum Gasteiger partial charge on any atom is 0.329 e. The van der Waals surface area contributed by atoms with Crippen LogP contribution in [0.25, 0.3) is 11.0 Å². The van der Waals surface area contributed by atoms with Gasteiger partial charge in [-0.15, -0.1) is 0 Å². The van der Waals surface area contributed by atoms with Crippen LogP contribution in [-0.4, -0.2) is 34.5 Å². The van der Waals surface area contributed by atoms with Gasteiger partial charge in [-0.2, -0.15) is 0 Å². The molecule has 0 saturated heterocycles. The molecule has 5 nitrogen and oxygen atoms in total. The largest absolute Gasteiger partial charge is 0.480 e. The smallest absolute Gasteiger partial charge is 0.329 e. The van der Waals surface area contributed by atoms with Crippen molar-refractivity contribution in [3.05, 3.63) is 35.3 Å². The second kappa shape index (κ2) is 4.87. The van der Waals surface area contributed by atoms with Gasteiger partial charge in [0.15, 0.2) is 5.76 Å². The van der Waals surface area contributed by atoms with E-state index in [4.69, 9.17) is 4.42 Å². The minimum atomic E-state index is -1.38. The molecule has 1 aromatic heterocycles. The molecule has 0 aliphatic heterocycles. The second-order valence-electron chi connectivity index (χ2n) is 5.43. The third-order valence-electron chi connectivity index (χ3n) is 3.76. The highest BCUT2D eigenvalue weighted by Gasteiger charge is 2.37. The maximum absolute atomic E-state index is 13.3. The second-order valence-corrected chi connectivity index (χ2v) is 5.43. The van der Waals surface area contributed by atoms with Crippen LogP contribution in [0.1, 0.15) is 30.0 Å². The summed E-state index contributed by atoms with van der Waals surface area (Å²) in [5.74, 6) is -2.09. The highest BCUT2D eigenvalue weighted by molar-refractivity contribution is 6.00. The van der Waals surface area contributed by atoms with Crippen LogP contribution in [0.5, 0.6) is 0 Å². The summed E-state index contributed by atoms with van der Waals surface area (Å²) in [6, 6.07) is 3.97. The van der Waals surface area contributed by atoms with E-state index < -0.39 is 23.2 Å². The number of halogens is 1. The van der Waals surface area contributed by atoms with E-state index in [0.717, 1.165) is 4.90 Å². The Hall–Kier alpha value is -2.37. The van der Waals surface area contributed by atoms with Crippen molar-refractivity contribution in [1.82, 2.24) is 4.90 Å². The predicted molar refractivity (Wildman–Crippen MR) is 74.7 cm³/mol. The first kappa shape index (κ1) is 15.0. The molecular formula is C15H16FNO4. The molecule has 21 heavy (non-hydrogen) atoms. The van der Waals surface area contributed by atoms with E-state index in [9.17, 15) is 19.1 Å². The van der Waals surface area contributed by atoms with Crippen LogP contribution in [0, 0.1) is 12.7 Å². The van der Waals surface area contributed by atoms with Crippen LogP contribution >= 0.6 is 0 Å². The van der Waals surface area contributed by atoms with Crippen LogP contribution in [0.2, 0.25) is 0 Å². The number of carboxylic acids is 1. The van der Waals surface area contributed by atoms with E-state index in [2.05, 4.69) is 0 Å². The Kier molecular flexibility index (Phi) is 3.49. The Morgan fingerprint density at radius 3 is 2.52 bits per heavy atom. The molecule has 6 heteroatoms. The van der Waals surface area contributed by atoms with Gasteiger partial charge in [0.1, 0.15) is 16.9 Å². The number of benzene rings is 1. The number of rotatable bonds is 3. The number of hydrogen-bond acceptors (Lipinski definition) is 3. The van der Waals surface area contributed by atoms with Crippen molar-refractivity contribution in [2.45, 2.75) is 26.3 Å². The first-order valence-electron chi connectivity index (χ1n) is 6.36. The fourth-order valence-electron chi connectivity index (χ4n) is 1.95. The topological polar surface area (TPSA) is 70.8 Å². The van der Waals surface area contributed by atoms with Crippen molar-refractivity contribution in [3.63, 3.8) is 0 Å². The summed E-state index contributed by atoms with van der Waals surface area (Å²) in [5.41, 5.74) is -0.505. The number of carbonyl (C=O) groups excluding carboxylic acids is 1. The van der Waals surface area contributed by atoms with Crippen LogP contribution in [-0.2, 0) is 4.79 Å². The number of nitrogens with zero attached hydrogens (tertiary/aromatic N) is 1. The monoisotopic (exact) mass is 293 g/mol. The Morgan fingerprint density at radius 1 is 1.33 bits per heavy atom. The Labute approximate surface area is 121 Å². The lowest BCUT2D eigenvalue weighted by Crippen LogP contribution is -2.50. The molecule has 0 fully saturated rings. The summed E-state index contributed by atoms with van der Waals surface area (Å²) >= 11 is 0. The summed E-state index contributed by atoms with van der Waals surface area (Å²) in [6.45, 7) is 4.48. The van der Waals surface area contributed by atoms with Crippen LogP contribution in [0.4, 0.5) is 4.39 Å². The number of furan rings is 1. The Bertz CT molecular complexity index is 733. The molecule has 2 aromatic rings. The van der Waals surface area contributed by atoms with Gasteiger partial charge in [-0.05, 0) is 39.0 Å². The van der Waals surface area contributed by atoms with E-state index in [1.165, 1.54) is 39.1 Å². The van der Waals surface area contributed by atoms with Gasteiger partial charge in [0, 0.05) is 18.0 Å². The first-order valence-corrected chi connectivity index (χ1v) is 6.36. The lowest BCUT2D eigenvalue weighted by Gasteiger charge is -2.30. The normalized spacial score (nSPS) is 11.7. The van der Waals surface area contributed by atoms with Crippen molar-refractivity contribution >= 4 is 22.8 Å². The van der Waals surface area contributed by atoms with Gasteiger partial charge in [0.25, 0.3) is 5.91 Å². The summed E-state index contributed by atoms with van der Waals surface area (Å²) in [4.78, 5) is 24.8. The van der Waals surface area contributed by atoms with Crippen LogP contribution in [0.15, 0.2) is 22.6 Å². The minimum absolute atomic E-state index is 0.0208. The predicted octanol–water partition coefficient (Wildman–Crippen LogP) is 2.82. The van der Waals surface area contributed by atoms with Gasteiger partial charge in [-0.25, -0.2) is 9.18 Å². The zero-order chi connectivity index (χ0) is 15.9. The fraction of sp³-hybridized carbons (Fsp3) is 0.333. The first-order chi connectivity index (χ1) is 9.66. The molecule has 0 aliphatic rings. The summed E-state index contributed by atoms with van der Waals surface area (Å²) in [6.07, 6.45) is 0. The average Bonchev–Trinajstić information content (AvgIpc) is 2.74. The number of hydrogen-bond donors (Lipinski definition) is 1. The maximum atomic E-state index is 13.3. The standard InChI is InChI=1S/C15H16FNO4/c1-8-10-7-9(16)5-6-11(10)21-12(8)13(18)17(4)15(2,3)14(19)20/h5-7H,1-4H3,(H,19,20). The highest BCUT2D eigenvalue weighted by atomic mass is 19.1. The number of fused-ring (bicyclic) bond motifs is 1. The number of carboxylic acid groups (broad SMARTS) is 1. The number of aryl methyl sites for hydroxylation is 1. The van der Waals surface area contributed by atoms with E-state index >= 15 is 0 Å². The molecule has 0 atom stereocenters. The number of carbonyl (C=O) groups is 2. The minimum Gasteiger partial charge on any atom is -0.480 e. The Balaban J connectivity index is 2.49. The summed E-state index contributed by atoms with van der Waals surface area (Å²) in [5, 5.41) is 9.68. The van der Waals surface area contributed by atoms with Gasteiger partial charge in [0.05, 0.1) is 0 Å². The lowest BCUT2D eigenvalue weighted by molar-refractivity contribution is -0.147. The van der Waals surface area contributed by atoms with Gasteiger partial charge in [-0.3, -0.25) is 4.79 Å². The molecule has 1 heterocycles. The molecule has 2 rings (SSSR count). The van der Waals surface area contributed by atoms with Crippen molar-refractivity contribution in [3.8, 4) is 0 Å². The molecule has 1 aromatic carbocycles. The SMILES string of the molecule is Cc1c(C(=O)N(C)C(C)(C)C(=O)O)oc2ccc(F)cc12. The highest BCUT2D eigenvalue weighted by Crippen LogP contribution is 2.28. The van der Waals surface area contributed by atoms with Crippen molar-refractivity contribution in [2.24, 2.45) is 0 Å². The number of amides is 1. The summed E-state index contributed by atoms with van der Waals surface area (Å²) < 4.78 is 18.7. The molecule has 1 N–H and O–H groups in total. The van der Waals surface area contributed by atoms with Crippen molar-refractivity contribution in [1.29, 1.82) is 0 Å². The molecule has 0 unspecified atom stereocenters. The van der Waals surface area contributed by atoms with E-state index in [1.807, 2.05) is 0 Å². The van der Waals surface area contributed by atoms with Gasteiger partial charge in [-0.1, -0.05) is 0 Å². The molecule has 0 spiro atoms. The van der Waals surface area contributed by atoms with Crippen LogP contribution < -0.4 is 0 Å². The molecule has 112 valence electrons. The fourth-order valence-corrected chi connectivity index (χ4v) is 1.95. The zero-order valence-electron chi connectivity index (χ0n) is 12.2.